The molecule has 0 saturated heterocycles. The quantitative estimate of drug-likeness (QED) is 0.185. The van der Waals surface area contributed by atoms with Crippen molar-refractivity contribution in [3.05, 3.63) is 105 Å². The van der Waals surface area contributed by atoms with Gasteiger partial charge in [-0.1, -0.05) is 41.4 Å². The van der Waals surface area contributed by atoms with Crippen molar-refractivity contribution in [1.29, 1.82) is 5.26 Å². The molecule has 0 aliphatic rings. The SMILES string of the molecule is N#Cc1cc(NCc2cc(F)c(F)cc2-c2ccc(C(=O)CCCC(=O)O)nc2)ccc1-c1ccc(Cl)cc1Cl. The Morgan fingerprint density at radius 2 is 1.68 bits per heavy atom. The molecule has 0 saturated carbocycles. The van der Waals surface area contributed by atoms with Gasteiger partial charge in [0.15, 0.2) is 17.4 Å². The number of anilines is 1. The summed E-state index contributed by atoms with van der Waals surface area (Å²) < 4.78 is 28.4. The van der Waals surface area contributed by atoms with Crippen molar-refractivity contribution in [2.75, 3.05) is 5.32 Å². The number of ketones is 1. The minimum absolute atomic E-state index is 0.0344. The molecular weight excluding hydrogens is 559 g/mol. The third-order valence-electron chi connectivity index (χ3n) is 6.15. The van der Waals surface area contributed by atoms with E-state index in [0.29, 0.717) is 49.1 Å². The monoisotopic (exact) mass is 579 g/mol. The number of nitrogens with zero attached hydrogens (tertiary/aromatic N) is 2. The van der Waals surface area contributed by atoms with Crippen LogP contribution in [0.25, 0.3) is 22.3 Å². The maximum absolute atomic E-state index is 14.2. The first-order valence-corrected chi connectivity index (χ1v) is 12.8. The largest absolute Gasteiger partial charge is 0.481 e. The van der Waals surface area contributed by atoms with E-state index in [0.717, 1.165) is 12.1 Å². The zero-order valence-corrected chi connectivity index (χ0v) is 22.4. The van der Waals surface area contributed by atoms with Crippen LogP contribution in [0.1, 0.15) is 40.9 Å². The molecule has 202 valence electrons. The van der Waals surface area contributed by atoms with Crippen LogP contribution in [0.15, 0.2) is 66.9 Å². The predicted octanol–water partition coefficient (Wildman–Crippen LogP) is 7.92. The molecule has 0 bridgehead atoms. The number of hydrogen-bond donors (Lipinski definition) is 2. The van der Waals surface area contributed by atoms with E-state index in [9.17, 15) is 23.6 Å². The van der Waals surface area contributed by atoms with E-state index in [2.05, 4.69) is 16.4 Å². The van der Waals surface area contributed by atoms with Crippen molar-refractivity contribution in [2.45, 2.75) is 25.8 Å². The molecule has 0 radical (unpaired) electrons. The number of halogens is 4. The lowest BCUT2D eigenvalue weighted by Crippen LogP contribution is -2.05. The molecule has 0 aliphatic heterocycles. The number of Topliss-reactive ketones (excluding diaryl/α,β-unsaturated/α-hetero) is 1. The Balaban J connectivity index is 1.56. The van der Waals surface area contributed by atoms with Gasteiger partial charge in [0.05, 0.1) is 11.6 Å². The number of carbonyl (C=O) groups excluding carboxylic acids is 1. The number of carboxylic acids is 1. The van der Waals surface area contributed by atoms with Gasteiger partial charge in [-0.15, -0.1) is 0 Å². The molecule has 0 amide bonds. The molecule has 4 aromatic rings. The number of aromatic nitrogens is 1. The highest BCUT2D eigenvalue weighted by Crippen LogP contribution is 2.34. The summed E-state index contributed by atoms with van der Waals surface area (Å²) in [6.07, 6.45) is 1.49. The van der Waals surface area contributed by atoms with Crippen LogP contribution in [0.4, 0.5) is 14.5 Å². The summed E-state index contributed by atoms with van der Waals surface area (Å²) in [7, 11) is 0. The molecule has 6 nitrogen and oxygen atoms in total. The van der Waals surface area contributed by atoms with Crippen LogP contribution in [0.3, 0.4) is 0 Å². The fourth-order valence-electron chi connectivity index (χ4n) is 4.14. The van der Waals surface area contributed by atoms with Gasteiger partial charge in [0.1, 0.15) is 5.69 Å². The number of carbonyl (C=O) groups is 2. The fourth-order valence-corrected chi connectivity index (χ4v) is 4.65. The summed E-state index contributed by atoms with van der Waals surface area (Å²) >= 11 is 12.3. The van der Waals surface area contributed by atoms with Gasteiger partial charge in [0.25, 0.3) is 0 Å². The van der Waals surface area contributed by atoms with Crippen molar-refractivity contribution < 1.29 is 23.5 Å². The van der Waals surface area contributed by atoms with E-state index in [1.165, 1.54) is 12.3 Å². The normalized spacial score (nSPS) is 10.7. The van der Waals surface area contributed by atoms with Crippen LogP contribution in [-0.4, -0.2) is 21.8 Å². The number of benzene rings is 3. The van der Waals surface area contributed by atoms with Crippen LogP contribution in [-0.2, 0) is 11.3 Å². The van der Waals surface area contributed by atoms with Crippen molar-refractivity contribution in [1.82, 2.24) is 4.98 Å². The molecule has 0 atom stereocenters. The van der Waals surface area contributed by atoms with Gasteiger partial charge in [0.2, 0.25) is 0 Å². The van der Waals surface area contributed by atoms with E-state index in [1.807, 2.05) is 0 Å². The lowest BCUT2D eigenvalue weighted by molar-refractivity contribution is -0.137. The first kappa shape index (κ1) is 28.7. The van der Waals surface area contributed by atoms with Gasteiger partial charge in [-0.2, -0.15) is 5.26 Å². The lowest BCUT2D eigenvalue weighted by atomic mass is 9.98. The third-order valence-corrected chi connectivity index (χ3v) is 6.69. The van der Waals surface area contributed by atoms with Crippen molar-refractivity contribution in [2.24, 2.45) is 0 Å². The van der Waals surface area contributed by atoms with Crippen LogP contribution in [0.5, 0.6) is 0 Å². The van der Waals surface area contributed by atoms with E-state index < -0.39 is 17.6 Å². The van der Waals surface area contributed by atoms with E-state index >= 15 is 0 Å². The summed E-state index contributed by atoms with van der Waals surface area (Å²) in [5.74, 6) is -3.36. The van der Waals surface area contributed by atoms with Crippen LogP contribution < -0.4 is 5.32 Å². The van der Waals surface area contributed by atoms with Gasteiger partial charge in [-0.25, -0.2) is 8.78 Å². The first-order valence-electron chi connectivity index (χ1n) is 12.1. The van der Waals surface area contributed by atoms with Crippen molar-refractivity contribution >= 4 is 40.6 Å². The minimum Gasteiger partial charge on any atom is -0.481 e. The second-order valence-electron chi connectivity index (χ2n) is 8.88. The average molecular weight is 580 g/mol. The molecule has 0 spiro atoms. The summed E-state index contributed by atoms with van der Waals surface area (Å²) in [6, 6.07) is 17.4. The molecule has 0 aliphatic carbocycles. The molecular formula is C30H21Cl2F2N3O3. The molecule has 3 aromatic carbocycles. The Bertz CT molecular complexity index is 1640. The second kappa shape index (κ2) is 12.7. The van der Waals surface area contributed by atoms with E-state index in [4.69, 9.17) is 28.3 Å². The average Bonchev–Trinajstić information content (AvgIpc) is 2.93. The smallest absolute Gasteiger partial charge is 0.303 e. The standard InChI is InChI=1S/C30H21Cl2F2N3O3/c31-20-5-7-23(25(32)12-20)22-8-6-21(10-18(22)14-35)36-16-19-11-26(33)27(34)13-24(19)17-4-9-28(37-15-17)29(38)2-1-3-30(39)40/h4-13,15,36H,1-3,16H2,(H,39,40). The molecule has 1 heterocycles. The summed E-state index contributed by atoms with van der Waals surface area (Å²) in [5, 5.41) is 22.5. The summed E-state index contributed by atoms with van der Waals surface area (Å²) in [6.45, 7) is 0.0916. The fraction of sp³-hybridized carbons (Fsp3) is 0.133. The Hall–Kier alpha value is -4.32. The summed E-state index contributed by atoms with van der Waals surface area (Å²) in [5.41, 5.74) is 3.59. The van der Waals surface area contributed by atoms with Crippen LogP contribution in [0.2, 0.25) is 10.0 Å². The predicted molar refractivity (Wildman–Crippen MR) is 149 cm³/mol. The number of nitrogens with one attached hydrogen (secondary N) is 1. The maximum atomic E-state index is 14.2. The number of carboxylic acid groups (broad SMARTS) is 1. The molecule has 40 heavy (non-hydrogen) atoms. The Morgan fingerprint density at radius 3 is 2.35 bits per heavy atom. The first-order chi connectivity index (χ1) is 19.2. The number of rotatable bonds is 10. The second-order valence-corrected chi connectivity index (χ2v) is 9.72. The molecule has 1 aromatic heterocycles. The van der Waals surface area contributed by atoms with E-state index in [-0.39, 0.29) is 37.3 Å². The van der Waals surface area contributed by atoms with Gasteiger partial charge < -0.3 is 10.4 Å². The van der Waals surface area contributed by atoms with Crippen LogP contribution >= 0.6 is 23.2 Å². The Kier molecular flexibility index (Phi) is 9.10. The summed E-state index contributed by atoms with van der Waals surface area (Å²) in [4.78, 5) is 27.1. The van der Waals surface area contributed by atoms with Gasteiger partial charge in [-0.3, -0.25) is 14.6 Å². The zero-order chi connectivity index (χ0) is 28.8. The topological polar surface area (TPSA) is 103 Å². The number of nitriles is 1. The number of pyridine rings is 1. The highest BCUT2D eigenvalue weighted by Gasteiger charge is 2.15. The molecule has 2 N–H and O–H groups in total. The van der Waals surface area contributed by atoms with E-state index in [1.54, 1.807) is 42.5 Å². The molecule has 0 fully saturated rings. The number of aliphatic carboxylic acids is 1. The van der Waals surface area contributed by atoms with Crippen molar-refractivity contribution in [3.8, 4) is 28.3 Å². The minimum atomic E-state index is -1.04. The highest BCUT2D eigenvalue weighted by atomic mass is 35.5. The third kappa shape index (κ3) is 6.81. The number of hydrogen-bond acceptors (Lipinski definition) is 5. The Morgan fingerprint density at radius 1 is 0.925 bits per heavy atom. The Labute approximate surface area is 238 Å². The van der Waals surface area contributed by atoms with Crippen molar-refractivity contribution in [3.63, 3.8) is 0 Å². The van der Waals surface area contributed by atoms with Gasteiger partial charge in [0, 0.05) is 58.0 Å². The van der Waals surface area contributed by atoms with Crippen LogP contribution in [0, 0.1) is 23.0 Å². The van der Waals surface area contributed by atoms with Gasteiger partial charge in [-0.05, 0) is 60.0 Å². The maximum Gasteiger partial charge on any atom is 0.303 e. The van der Waals surface area contributed by atoms with Gasteiger partial charge >= 0.3 is 5.97 Å². The molecule has 0 unspecified atom stereocenters. The zero-order valence-electron chi connectivity index (χ0n) is 20.8. The molecule has 4 rings (SSSR count). The highest BCUT2D eigenvalue weighted by molar-refractivity contribution is 6.36. The molecule has 10 heteroatoms. The lowest BCUT2D eigenvalue weighted by Gasteiger charge is -2.14.